The maximum absolute atomic E-state index is 5.87. The van der Waals surface area contributed by atoms with E-state index in [2.05, 4.69) is 9.88 Å². The predicted molar refractivity (Wildman–Crippen MR) is 83.6 cm³/mol. The first-order valence-corrected chi connectivity index (χ1v) is 7.77. The number of aromatic nitrogens is 1. The number of piperidine rings is 1. The molecule has 0 radical (unpaired) electrons. The highest BCUT2D eigenvalue weighted by atomic mass is 16.4. The molecule has 112 valence electrons. The highest BCUT2D eigenvalue weighted by Crippen LogP contribution is 2.23. The van der Waals surface area contributed by atoms with Crippen LogP contribution < -0.4 is 5.73 Å². The predicted octanol–water partition coefficient (Wildman–Crippen LogP) is 2.90. The summed E-state index contributed by atoms with van der Waals surface area (Å²) in [5.74, 6) is 2.46. The molecule has 1 saturated heterocycles. The Morgan fingerprint density at radius 3 is 2.67 bits per heavy atom. The second-order valence-corrected chi connectivity index (χ2v) is 5.78. The molecule has 2 N–H and O–H groups in total. The first-order valence-electron chi connectivity index (χ1n) is 7.77. The molecule has 0 saturated carbocycles. The van der Waals surface area contributed by atoms with Gasteiger partial charge in [-0.15, -0.1) is 0 Å². The van der Waals surface area contributed by atoms with Gasteiger partial charge in [0, 0.05) is 5.56 Å². The molecule has 1 fully saturated rings. The summed E-state index contributed by atoms with van der Waals surface area (Å²) in [5, 5.41) is 0. The van der Waals surface area contributed by atoms with Crippen LogP contribution in [0.5, 0.6) is 0 Å². The van der Waals surface area contributed by atoms with Gasteiger partial charge in [-0.25, -0.2) is 4.98 Å². The van der Waals surface area contributed by atoms with Gasteiger partial charge >= 0.3 is 0 Å². The highest BCUT2D eigenvalue weighted by Gasteiger charge is 2.20. The van der Waals surface area contributed by atoms with E-state index >= 15 is 0 Å². The van der Waals surface area contributed by atoms with E-state index in [4.69, 9.17) is 10.2 Å². The van der Waals surface area contributed by atoms with Crippen LogP contribution in [0.1, 0.15) is 25.2 Å². The van der Waals surface area contributed by atoms with Crippen molar-refractivity contribution in [1.29, 1.82) is 0 Å². The van der Waals surface area contributed by atoms with Crippen LogP contribution in [0, 0.1) is 5.92 Å². The Kier molecular flexibility index (Phi) is 4.68. The van der Waals surface area contributed by atoms with Crippen LogP contribution in [0.25, 0.3) is 11.3 Å². The summed E-state index contributed by atoms with van der Waals surface area (Å²) >= 11 is 0. The molecule has 1 aliphatic heterocycles. The minimum absolute atomic E-state index is 0.802. The van der Waals surface area contributed by atoms with E-state index in [0.29, 0.717) is 0 Å². The maximum Gasteiger partial charge on any atom is 0.209 e. The van der Waals surface area contributed by atoms with Crippen molar-refractivity contribution in [2.75, 3.05) is 19.6 Å². The van der Waals surface area contributed by atoms with Gasteiger partial charge in [-0.3, -0.25) is 4.90 Å². The summed E-state index contributed by atoms with van der Waals surface area (Å²) in [6.45, 7) is 3.86. The molecular weight excluding hydrogens is 262 g/mol. The standard InChI is InChI=1S/C17H23N3O/c18-9-6-14-7-10-20(11-8-14)13-17-19-12-16(21-17)15-4-2-1-3-5-15/h1-5,12,14H,6-11,13,18H2. The molecule has 0 spiro atoms. The number of oxazole rings is 1. The van der Waals surface area contributed by atoms with Crippen molar-refractivity contribution in [2.45, 2.75) is 25.8 Å². The lowest BCUT2D eigenvalue weighted by Crippen LogP contribution is -2.33. The van der Waals surface area contributed by atoms with Crippen LogP contribution in [-0.4, -0.2) is 29.5 Å². The number of rotatable bonds is 5. The minimum Gasteiger partial charge on any atom is -0.439 e. The van der Waals surface area contributed by atoms with Gasteiger partial charge in [0.05, 0.1) is 12.7 Å². The summed E-state index contributed by atoms with van der Waals surface area (Å²) in [4.78, 5) is 6.84. The van der Waals surface area contributed by atoms with Gasteiger partial charge in [-0.2, -0.15) is 0 Å². The quantitative estimate of drug-likeness (QED) is 0.917. The van der Waals surface area contributed by atoms with Crippen LogP contribution in [0.4, 0.5) is 0 Å². The van der Waals surface area contributed by atoms with Crippen molar-refractivity contribution < 1.29 is 4.42 Å². The third kappa shape index (κ3) is 3.71. The van der Waals surface area contributed by atoms with Gasteiger partial charge in [0.15, 0.2) is 5.76 Å². The fourth-order valence-electron chi connectivity index (χ4n) is 2.98. The molecule has 4 nitrogen and oxygen atoms in total. The minimum atomic E-state index is 0.802. The molecule has 0 unspecified atom stereocenters. The molecule has 1 aromatic heterocycles. The van der Waals surface area contributed by atoms with E-state index in [1.807, 2.05) is 36.5 Å². The fourth-order valence-corrected chi connectivity index (χ4v) is 2.98. The van der Waals surface area contributed by atoms with Gasteiger partial charge in [-0.1, -0.05) is 30.3 Å². The molecule has 4 heteroatoms. The zero-order valence-corrected chi connectivity index (χ0v) is 12.4. The van der Waals surface area contributed by atoms with Crippen molar-refractivity contribution in [3.05, 3.63) is 42.4 Å². The van der Waals surface area contributed by atoms with Gasteiger partial charge in [-0.05, 0) is 44.8 Å². The van der Waals surface area contributed by atoms with Crippen LogP contribution in [-0.2, 0) is 6.54 Å². The van der Waals surface area contributed by atoms with Gasteiger partial charge < -0.3 is 10.2 Å². The lowest BCUT2D eigenvalue weighted by Gasteiger charge is -2.30. The molecule has 1 aromatic carbocycles. The summed E-state index contributed by atoms with van der Waals surface area (Å²) < 4.78 is 5.87. The van der Waals surface area contributed by atoms with E-state index in [-0.39, 0.29) is 0 Å². The lowest BCUT2D eigenvalue weighted by atomic mass is 9.94. The molecule has 0 bridgehead atoms. The number of benzene rings is 1. The molecule has 2 aromatic rings. The van der Waals surface area contributed by atoms with E-state index in [0.717, 1.165) is 55.7 Å². The fraction of sp³-hybridized carbons (Fsp3) is 0.471. The second-order valence-electron chi connectivity index (χ2n) is 5.78. The zero-order valence-electron chi connectivity index (χ0n) is 12.4. The molecule has 2 heterocycles. The average molecular weight is 285 g/mol. The monoisotopic (exact) mass is 285 g/mol. The van der Waals surface area contributed by atoms with E-state index in [1.165, 1.54) is 12.8 Å². The molecule has 21 heavy (non-hydrogen) atoms. The van der Waals surface area contributed by atoms with Crippen molar-refractivity contribution in [3.63, 3.8) is 0 Å². The Morgan fingerprint density at radius 1 is 1.19 bits per heavy atom. The largest absolute Gasteiger partial charge is 0.439 e. The van der Waals surface area contributed by atoms with Crippen LogP contribution in [0.3, 0.4) is 0 Å². The van der Waals surface area contributed by atoms with Crippen LogP contribution in [0.15, 0.2) is 40.9 Å². The van der Waals surface area contributed by atoms with Crippen molar-refractivity contribution in [1.82, 2.24) is 9.88 Å². The summed E-state index contributed by atoms with van der Waals surface area (Å²) in [6, 6.07) is 10.1. The summed E-state index contributed by atoms with van der Waals surface area (Å²) in [5.41, 5.74) is 6.72. The van der Waals surface area contributed by atoms with E-state index < -0.39 is 0 Å². The zero-order chi connectivity index (χ0) is 14.5. The highest BCUT2D eigenvalue weighted by molar-refractivity contribution is 5.55. The van der Waals surface area contributed by atoms with Crippen molar-refractivity contribution >= 4 is 0 Å². The Morgan fingerprint density at radius 2 is 1.95 bits per heavy atom. The number of hydrogen-bond donors (Lipinski definition) is 1. The van der Waals surface area contributed by atoms with E-state index in [1.54, 1.807) is 0 Å². The second kappa shape index (κ2) is 6.87. The van der Waals surface area contributed by atoms with Crippen molar-refractivity contribution in [2.24, 2.45) is 11.7 Å². The van der Waals surface area contributed by atoms with Crippen molar-refractivity contribution in [3.8, 4) is 11.3 Å². The Labute approximate surface area is 126 Å². The summed E-state index contributed by atoms with van der Waals surface area (Å²) in [7, 11) is 0. The SMILES string of the molecule is NCCC1CCN(Cc2ncc(-c3ccccc3)o2)CC1. The molecule has 1 aliphatic rings. The third-order valence-electron chi connectivity index (χ3n) is 4.25. The van der Waals surface area contributed by atoms with Gasteiger partial charge in [0.25, 0.3) is 0 Å². The Bertz CT molecular complexity index is 544. The topological polar surface area (TPSA) is 55.3 Å². The summed E-state index contributed by atoms with van der Waals surface area (Å²) in [6.07, 6.45) is 5.46. The van der Waals surface area contributed by atoms with Gasteiger partial charge in [0.1, 0.15) is 0 Å². The molecular formula is C17H23N3O. The Hall–Kier alpha value is -1.65. The first kappa shape index (κ1) is 14.3. The molecule has 0 aliphatic carbocycles. The normalized spacial score (nSPS) is 17.2. The number of nitrogens with two attached hydrogens (primary N) is 1. The lowest BCUT2D eigenvalue weighted by molar-refractivity contribution is 0.161. The van der Waals surface area contributed by atoms with Gasteiger partial charge in [0.2, 0.25) is 5.89 Å². The molecule has 0 atom stereocenters. The number of likely N-dealkylation sites (tertiary alicyclic amines) is 1. The number of hydrogen-bond acceptors (Lipinski definition) is 4. The van der Waals surface area contributed by atoms with E-state index in [9.17, 15) is 0 Å². The average Bonchev–Trinajstić information content (AvgIpc) is 2.99. The Balaban J connectivity index is 1.56. The third-order valence-corrected chi connectivity index (χ3v) is 4.25. The van der Waals surface area contributed by atoms with Crippen LogP contribution in [0.2, 0.25) is 0 Å². The smallest absolute Gasteiger partial charge is 0.209 e. The molecule has 3 rings (SSSR count). The molecule has 0 amide bonds. The maximum atomic E-state index is 5.87. The van der Waals surface area contributed by atoms with Crippen LogP contribution >= 0.6 is 0 Å². The number of nitrogens with zero attached hydrogens (tertiary/aromatic N) is 2. The first-order chi connectivity index (χ1) is 10.3.